The molecule has 156 valence electrons. The average molecular weight is 399 g/mol. The standard InChI is InChI=1S/C22H29N3O4/c1-3-14(2)24-10-4-5-17(13-24)29-16-6-7-18-15(11-16)12-25(22(18)28)19-8-9-20(26)23-21(19)27/h6-7,11,14,17,19H,3-5,8-10,12-13H2,1-2H3,(H,23,26,27)/t14-,17?,19?/m0/s1. The van der Waals surface area contributed by atoms with Crippen molar-refractivity contribution in [3.63, 3.8) is 0 Å². The number of benzene rings is 1. The second kappa shape index (κ2) is 8.14. The minimum absolute atomic E-state index is 0.151. The number of imide groups is 1. The summed E-state index contributed by atoms with van der Waals surface area (Å²) in [6.45, 7) is 6.89. The van der Waals surface area contributed by atoms with E-state index in [9.17, 15) is 14.4 Å². The lowest BCUT2D eigenvalue weighted by molar-refractivity contribution is -0.136. The first kappa shape index (κ1) is 19.9. The summed E-state index contributed by atoms with van der Waals surface area (Å²) < 4.78 is 6.26. The van der Waals surface area contributed by atoms with E-state index >= 15 is 0 Å². The van der Waals surface area contributed by atoms with Gasteiger partial charge < -0.3 is 9.64 Å². The molecule has 0 radical (unpaired) electrons. The number of nitrogens with one attached hydrogen (secondary N) is 1. The predicted molar refractivity (Wildman–Crippen MR) is 107 cm³/mol. The Bertz CT molecular complexity index is 824. The number of ether oxygens (including phenoxy) is 1. The lowest BCUT2D eigenvalue weighted by atomic mass is 10.0. The zero-order valence-electron chi connectivity index (χ0n) is 17.1. The van der Waals surface area contributed by atoms with Crippen molar-refractivity contribution < 1.29 is 19.1 Å². The molecule has 0 aliphatic carbocycles. The van der Waals surface area contributed by atoms with Gasteiger partial charge in [-0.1, -0.05) is 6.92 Å². The van der Waals surface area contributed by atoms with Crippen molar-refractivity contribution in [2.75, 3.05) is 13.1 Å². The van der Waals surface area contributed by atoms with Gasteiger partial charge in [-0.05, 0) is 62.9 Å². The maximum absolute atomic E-state index is 12.8. The van der Waals surface area contributed by atoms with Gasteiger partial charge in [0.1, 0.15) is 17.9 Å². The molecule has 7 heteroatoms. The fourth-order valence-electron chi connectivity index (χ4n) is 4.54. The monoisotopic (exact) mass is 399 g/mol. The Labute approximate surface area is 171 Å². The minimum atomic E-state index is -0.584. The van der Waals surface area contributed by atoms with E-state index in [0.717, 1.165) is 43.7 Å². The van der Waals surface area contributed by atoms with Crippen LogP contribution in [0.5, 0.6) is 5.75 Å². The highest BCUT2D eigenvalue weighted by Crippen LogP contribution is 2.31. The van der Waals surface area contributed by atoms with Crippen molar-refractivity contribution in [2.45, 2.75) is 70.7 Å². The fraction of sp³-hybridized carbons (Fsp3) is 0.591. The zero-order chi connectivity index (χ0) is 20.5. The molecule has 2 saturated heterocycles. The molecular weight excluding hydrogens is 370 g/mol. The third-order valence-electron chi connectivity index (χ3n) is 6.42. The molecule has 3 aliphatic heterocycles. The van der Waals surface area contributed by atoms with Crippen LogP contribution in [0.1, 0.15) is 61.9 Å². The number of fused-ring (bicyclic) bond motifs is 1. The maximum atomic E-state index is 12.8. The summed E-state index contributed by atoms with van der Waals surface area (Å²) in [6, 6.07) is 5.56. The molecule has 3 amide bonds. The molecular formula is C22H29N3O4. The number of rotatable bonds is 5. The summed E-state index contributed by atoms with van der Waals surface area (Å²) in [7, 11) is 0. The van der Waals surface area contributed by atoms with Crippen molar-refractivity contribution >= 4 is 17.7 Å². The van der Waals surface area contributed by atoms with Crippen molar-refractivity contribution in [2.24, 2.45) is 0 Å². The lowest BCUT2D eigenvalue weighted by Gasteiger charge is -2.36. The van der Waals surface area contributed by atoms with Gasteiger partial charge in [-0.15, -0.1) is 0 Å². The first-order valence-electron chi connectivity index (χ1n) is 10.6. The van der Waals surface area contributed by atoms with Crippen molar-refractivity contribution in [3.05, 3.63) is 29.3 Å². The molecule has 1 N–H and O–H groups in total. The van der Waals surface area contributed by atoms with Gasteiger partial charge in [0, 0.05) is 31.1 Å². The Balaban J connectivity index is 1.44. The number of piperidine rings is 2. The molecule has 4 rings (SSSR count). The number of amides is 3. The van der Waals surface area contributed by atoms with Crippen LogP contribution in [0.25, 0.3) is 0 Å². The molecule has 7 nitrogen and oxygen atoms in total. The number of carbonyl (C=O) groups excluding carboxylic acids is 3. The van der Waals surface area contributed by atoms with Crippen molar-refractivity contribution in [1.29, 1.82) is 0 Å². The minimum Gasteiger partial charge on any atom is -0.489 e. The molecule has 0 saturated carbocycles. The predicted octanol–water partition coefficient (Wildman–Crippen LogP) is 2.09. The van der Waals surface area contributed by atoms with E-state index in [-0.39, 0.29) is 30.2 Å². The number of carbonyl (C=O) groups is 3. The zero-order valence-corrected chi connectivity index (χ0v) is 17.1. The second-order valence-electron chi connectivity index (χ2n) is 8.35. The normalized spacial score (nSPS) is 26.3. The quantitative estimate of drug-likeness (QED) is 0.767. The van der Waals surface area contributed by atoms with Crippen LogP contribution in [0.15, 0.2) is 18.2 Å². The molecule has 1 aromatic rings. The van der Waals surface area contributed by atoms with Gasteiger partial charge in [0.25, 0.3) is 5.91 Å². The van der Waals surface area contributed by atoms with Crippen LogP contribution in [-0.2, 0) is 16.1 Å². The molecule has 0 aromatic heterocycles. The van der Waals surface area contributed by atoms with Crippen LogP contribution in [0, 0.1) is 0 Å². The summed E-state index contributed by atoms with van der Waals surface area (Å²) >= 11 is 0. The molecule has 2 unspecified atom stereocenters. The van der Waals surface area contributed by atoms with E-state index in [1.54, 1.807) is 11.0 Å². The third-order valence-corrected chi connectivity index (χ3v) is 6.42. The van der Waals surface area contributed by atoms with Crippen LogP contribution < -0.4 is 10.1 Å². The Morgan fingerprint density at radius 1 is 1.24 bits per heavy atom. The number of nitrogens with zero attached hydrogens (tertiary/aromatic N) is 2. The maximum Gasteiger partial charge on any atom is 0.255 e. The smallest absolute Gasteiger partial charge is 0.255 e. The summed E-state index contributed by atoms with van der Waals surface area (Å²) in [6.07, 6.45) is 4.08. The van der Waals surface area contributed by atoms with Gasteiger partial charge in [0.15, 0.2) is 0 Å². The lowest BCUT2D eigenvalue weighted by Crippen LogP contribution is -2.52. The molecule has 0 spiro atoms. The third kappa shape index (κ3) is 4.01. The number of likely N-dealkylation sites (tertiary alicyclic amines) is 1. The van der Waals surface area contributed by atoms with E-state index in [1.165, 1.54) is 0 Å². The Morgan fingerprint density at radius 2 is 2.07 bits per heavy atom. The van der Waals surface area contributed by atoms with Gasteiger partial charge >= 0.3 is 0 Å². The van der Waals surface area contributed by atoms with Crippen molar-refractivity contribution in [1.82, 2.24) is 15.1 Å². The molecule has 0 bridgehead atoms. The highest BCUT2D eigenvalue weighted by atomic mass is 16.5. The van der Waals surface area contributed by atoms with Crippen LogP contribution in [0.3, 0.4) is 0 Å². The van der Waals surface area contributed by atoms with Gasteiger partial charge in [0.05, 0.1) is 0 Å². The van der Waals surface area contributed by atoms with E-state index in [4.69, 9.17) is 4.74 Å². The van der Waals surface area contributed by atoms with E-state index in [0.29, 0.717) is 24.6 Å². The molecule has 2 fully saturated rings. The highest BCUT2D eigenvalue weighted by Gasteiger charge is 2.39. The summed E-state index contributed by atoms with van der Waals surface area (Å²) in [5.74, 6) is -0.0319. The topological polar surface area (TPSA) is 79.0 Å². The van der Waals surface area contributed by atoms with Crippen LogP contribution in [0.4, 0.5) is 0 Å². The van der Waals surface area contributed by atoms with Crippen LogP contribution >= 0.6 is 0 Å². The van der Waals surface area contributed by atoms with Gasteiger partial charge in [-0.3, -0.25) is 24.6 Å². The Kier molecular flexibility index (Phi) is 5.58. The van der Waals surface area contributed by atoms with Crippen LogP contribution in [0.2, 0.25) is 0 Å². The van der Waals surface area contributed by atoms with E-state index < -0.39 is 6.04 Å². The first-order valence-corrected chi connectivity index (χ1v) is 10.6. The first-order chi connectivity index (χ1) is 14.0. The summed E-state index contributed by atoms with van der Waals surface area (Å²) in [5.41, 5.74) is 1.50. The molecule has 3 aliphatic rings. The summed E-state index contributed by atoms with van der Waals surface area (Å²) in [4.78, 5) is 40.4. The molecule has 1 aromatic carbocycles. The van der Waals surface area contributed by atoms with Gasteiger partial charge in [-0.25, -0.2) is 0 Å². The number of hydrogen-bond acceptors (Lipinski definition) is 5. The van der Waals surface area contributed by atoms with Gasteiger partial charge in [-0.2, -0.15) is 0 Å². The SMILES string of the molecule is CC[C@H](C)N1CCCC(Oc2ccc3c(c2)CN(C2CCC(=O)NC2=O)C3=O)C1. The molecule has 29 heavy (non-hydrogen) atoms. The van der Waals surface area contributed by atoms with E-state index in [1.807, 2.05) is 12.1 Å². The average Bonchev–Trinajstić information content (AvgIpc) is 3.03. The highest BCUT2D eigenvalue weighted by molar-refractivity contribution is 6.05. The Hall–Kier alpha value is -2.41. The summed E-state index contributed by atoms with van der Waals surface area (Å²) in [5, 5.41) is 2.34. The van der Waals surface area contributed by atoms with Crippen LogP contribution in [-0.4, -0.2) is 58.8 Å². The second-order valence-corrected chi connectivity index (χ2v) is 8.35. The molecule has 3 heterocycles. The largest absolute Gasteiger partial charge is 0.489 e. The van der Waals surface area contributed by atoms with Crippen molar-refractivity contribution in [3.8, 4) is 5.75 Å². The molecule has 3 atom stereocenters. The Morgan fingerprint density at radius 3 is 2.83 bits per heavy atom. The fourth-order valence-corrected chi connectivity index (χ4v) is 4.54. The number of hydrogen-bond donors (Lipinski definition) is 1. The van der Waals surface area contributed by atoms with Gasteiger partial charge in [0.2, 0.25) is 11.8 Å². The van der Waals surface area contributed by atoms with E-state index in [2.05, 4.69) is 24.1 Å².